The summed E-state index contributed by atoms with van der Waals surface area (Å²) in [5.74, 6) is 0. The Morgan fingerprint density at radius 1 is 0.900 bits per heavy atom. The molecule has 1 rings (SSSR count). The fourth-order valence-corrected chi connectivity index (χ4v) is 2.29. The lowest BCUT2D eigenvalue weighted by Crippen LogP contribution is -2.59. The maximum absolute atomic E-state index is 9.75. The summed E-state index contributed by atoms with van der Waals surface area (Å²) in [6.45, 7) is 2.17. The number of hydrogen-bond donors (Lipinski definition) is 4. The highest BCUT2D eigenvalue weighted by atomic mass is 16.7. The second kappa shape index (κ2) is 9.65. The van der Waals surface area contributed by atoms with Gasteiger partial charge in [-0.2, -0.15) is 0 Å². The Kier molecular flexibility index (Phi) is 8.60. The van der Waals surface area contributed by atoms with Gasteiger partial charge in [-0.25, -0.2) is 0 Å². The molecule has 1 saturated heterocycles. The zero-order valence-corrected chi connectivity index (χ0v) is 12.1. The van der Waals surface area contributed by atoms with Gasteiger partial charge in [0.05, 0.1) is 6.61 Å². The van der Waals surface area contributed by atoms with Gasteiger partial charge in [0.2, 0.25) is 0 Å². The summed E-state index contributed by atoms with van der Waals surface area (Å²) >= 11 is 0. The van der Waals surface area contributed by atoms with Crippen molar-refractivity contribution in [2.24, 2.45) is 0 Å². The largest absolute Gasteiger partial charge is 0.394 e. The first-order valence-electron chi connectivity index (χ1n) is 7.54. The van der Waals surface area contributed by atoms with Crippen LogP contribution in [0.5, 0.6) is 0 Å². The number of hydrogen-bond acceptors (Lipinski definition) is 6. The Hall–Kier alpha value is -0.240. The SMILES string of the molecule is CCCCCCCCOC1O[C@H](CO)[C@@H](O)[C@H](O)[C@H]1O. The van der Waals surface area contributed by atoms with E-state index in [2.05, 4.69) is 6.92 Å². The lowest BCUT2D eigenvalue weighted by Gasteiger charge is -2.39. The van der Waals surface area contributed by atoms with Gasteiger partial charge in [-0.05, 0) is 6.42 Å². The van der Waals surface area contributed by atoms with Gasteiger partial charge in [0.1, 0.15) is 24.4 Å². The molecule has 6 heteroatoms. The second-order valence-electron chi connectivity index (χ2n) is 5.34. The molecule has 0 spiro atoms. The van der Waals surface area contributed by atoms with Crippen LogP contribution in [-0.2, 0) is 9.47 Å². The molecule has 1 heterocycles. The van der Waals surface area contributed by atoms with Gasteiger partial charge in [0.25, 0.3) is 0 Å². The summed E-state index contributed by atoms with van der Waals surface area (Å²) in [5, 5.41) is 38.0. The molecule has 0 bridgehead atoms. The van der Waals surface area contributed by atoms with Crippen LogP contribution < -0.4 is 0 Å². The summed E-state index contributed by atoms with van der Waals surface area (Å²) in [4.78, 5) is 0. The van der Waals surface area contributed by atoms with Gasteiger partial charge in [0, 0.05) is 6.61 Å². The van der Waals surface area contributed by atoms with Gasteiger partial charge in [0.15, 0.2) is 6.29 Å². The fraction of sp³-hybridized carbons (Fsp3) is 1.00. The van der Waals surface area contributed by atoms with Crippen LogP contribution in [0.1, 0.15) is 45.4 Å². The topological polar surface area (TPSA) is 99.4 Å². The molecule has 6 nitrogen and oxygen atoms in total. The summed E-state index contributed by atoms with van der Waals surface area (Å²) in [5.41, 5.74) is 0. The molecular formula is C14H28O6. The van der Waals surface area contributed by atoms with Crippen LogP contribution in [0.15, 0.2) is 0 Å². The van der Waals surface area contributed by atoms with Gasteiger partial charge in [-0.15, -0.1) is 0 Å². The number of aliphatic hydroxyl groups is 4. The summed E-state index contributed by atoms with van der Waals surface area (Å²) < 4.78 is 10.6. The molecule has 1 aliphatic heterocycles. The molecule has 4 N–H and O–H groups in total. The Morgan fingerprint density at radius 2 is 1.55 bits per heavy atom. The summed E-state index contributed by atoms with van der Waals surface area (Å²) in [7, 11) is 0. The van der Waals surface area contributed by atoms with Crippen LogP contribution in [-0.4, -0.2) is 64.3 Å². The number of rotatable bonds is 9. The average Bonchev–Trinajstić information content (AvgIpc) is 2.46. The molecule has 0 aromatic rings. The molecule has 0 saturated carbocycles. The maximum Gasteiger partial charge on any atom is 0.186 e. The van der Waals surface area contributed by atoms with Crippen molar-refractivity contribution < 1.29 is 29.9 Å². The van der Waals surface area contributed by atoms with Crippen LogP contribution in [0, 0.1) is 0 Å². The molecule has 0 aromatic heterocycles. The molecule has 20 heavy (non-hydrogen) atoms. The number of ether oxygens (including phenoxy) is 2. The highest BCUT2D eigenvalue weighted by Gasteiger charge is 2.43. The molecule has 0 aromatic carbocycles. The first-order chi connectivity index (χ1) is 9.61. The Morgan fingerprint density at radius 3 is 2.20 bits per heavy atom. The molecule has 0 radical (unpaired) electrons. The molecule has 5 atom stereocenters. The summed E-state index contributed by atoms with van der Waals surface area (Å²) in [6.07, 6.45) is 0.851. The standard InChI is InChI=1S/C14H28O6/c1-2-3-4-5-6-7-8-19-14-13(18)12(17)11(16)10(9-15)20-14/h10-18H,2-9H2,1H3/t10-,11-,12+,13-,14?/m1/s1. The van der Waals surface area contributed by atoms with Gasteiger partial charge < -0.3 is 29.9 Å². The van der Waals surface area contributed by atoms with E-state index in [-0.39, 0.29) is 0 Å². The van der Waals surface area contributed by atoms with E-state index in [4.69, 9.17) is 14.6 Å². The first kappa shape index (κ1) is 17.8. The lowest BCUT2D eigenvalue weighted by atomic mass is 9.99. The normalized spacial score (nSPS) is 34.4. The fourth-order valence-electron chi connectivity index (χ4n) is 2.29. The van der Waals surface area contributed by atoms with Crippen molar-refractivity contribution in [3.8, 4) is 0 Å². The molecule has 1 unspecified atom stereocenters. The Labute approximate surface area is 120 Å². The van der Waals surface area contributed by atoms with Crippen LogP contribution in [0.2, 0.25) is 0 Å². The minimum absolute atomic E-state index is 0.425. The smallest absolute Gasteiger partial charge is 0.186 e. The molecular weight excluding hydrogens is 264 g/mol. The third kappa shape index (κ3) is 5.27. The third-order valence-electron chi connectivity index (χ3n) is 3.63. The maximum atomic E-state index is 9.75. The Balaban J connectivity index is 2.21. The van der Waals surface area contributed by atoms with Crippen molar-refractivity contribution in [2.75, 3.05) is 13.2 Å². The molecule has 0 aliphatic carbocycles. The quantitative estimate of drug-likeness (QED) is 0.452. The van der Waals surface area contributed by atoms with Crippen molar-refractivity contribution in [1.29, 1.82) is 0 Å². The van der Waals surface area contributed by atoms with Crippen molar-refractivity contribution in [3.05, 3.63) is 0 Å². The zero-order chi connectivity index (χ0) is 15.0. The van der Waals surface area contributed by atoms with E-state index in [1.807, 2.05) is 0 Å². The second-order valence-corrected chi connectivity index (χ2v) is 5.34. The van der Waals surface area contributed by atoms with E-state index in [1.165, 1.54) is 19.3 Å². The minimum Gasteiger partial charge on any atom is -0.394 e. The highest BCUT2D eigenvalue weighted by molar-refractivity contribution is 4.88. The average molecular weight is 292 g/mol. The van der Waals surface area contributed by atoms with Gasteiger partial charge in [-0.3, -0.25) is 0 Å². The van der Waals surface area contributed by atoms with Gasteiger partial charge in [-0.1, -0.05) is 39.0 Å². The Bertz CT molecular complexity index is 248. The predicted molar refractivity (Wildman–Crippen MR) is 73.1 cm³/mol. The highest BCUT2D eigenvalue weighted by Crippen LogP contribution is 2.22. The van der Waals surface area contributed by atoms with Crippen LogP contribution in [0.3, 0.4) is 0 Å². The molecule has 1 aliphatic rings. The minimum atomic E-state index is -1.37. The van der Waals surface area contributed by atoms with E-state index in [0.717, 1.165) is 19.3 Å². The van der Waals surface area contributed by atoms with E-state index in [0.29, 0.717) is 6.61 Å². The van der Waals surface area contributed by atoms with Crippen LogP contribution >= 0.6 is 0 Å². The molecule has 120 valence electrons. The van der Waals surface area contributed by atoms with Crippen LogP contribution in [0.25, 0.3) is 0 Å². The van der Waals surface area contributed by atoms with E-state index in [9.17, 15) is 15.3 Å². The van der Waals surface area contributed by atoms with Gasteiger partial charge >= 0.3 is 0 Å². The van der Waals surface area contributed by atoms with E-state index in [1.54, 1.807) is 0 Å². The number of unbranched alkanes of at least 4 members (excludes halogenated alkanes) is 5. The van der Waals surface area contributed by atoms with Crippen molar-refractivity contribution in [3.63, 3.8) is 0 Å². The van der Waals surface area contributed by atoms with Crippen LogP contribution in [0.4, 0.5) is 0 Å². The van der Waals surface area contributed by atoms with E-state index >= 15 is 0 Å². The van der Waals surface area contributed by atoms with Crippen molar-refractivity contribution in [2.45, 2.75) is 76.2 Å². The zero-order valence-electron chi connectivity index (χ0n) is 12.1. The first-order valence-corrected chi connectivity index (χ1v) is 7.54. The van der Waals surface area contributed by atoms with Crippen molar-refractivity contribution >= 4 is 0 Å². The molecule has 1 fully saturated rings. The number of aliphatic hydroxyl groups excluding tert-OH is 4. The van der Waals surface area contributed by atoms with E-state index < -0.39 is 37.3 Å². The third-order valence-corrected chi connectivity index (χ3v) is 3.63. The lowest BCUT2D eigenvalue weighted by molar-refractivity contribution is -0.301. The van der Waals surface area contributed by atoms with Crippen molar-refractivity contribution in [1.82, 2.24) is 0 Å². The summed E-state index contributed by atoms with van der Waals surface area (Å²) in [6, 6.07) is 0. The molecule has 0 amide bonds. The monoisotopic (exact) mass is 292 g/mol. The predicted octanol–water partition coefficient (Wildman–Crippen LogP) is 0.163.